The number of hydrogen-bond acceptors (Lipinski definition) is 5. The van der Waals surface area contributed by atoms with Crippen LogP contribution in [0.25, 0.3) is 0 Å². The fourth-order valence-electron chi connectivity index (χ4n) is 4.20. The van der Waals surface area contributed by atoms with Crippen LogP contribution < -0.4 is 5.32 Å². The van der Waals surface area contributed by atoms with E-state index >= 15 is 0 Å². The average molecular weight is 952 g/mol. The minimum atomic E-state index is -8.75. The van der Waals surface area contributed by atoms with Gasteiger partial charge < -0.3 is 23.3 Å². The number of halogens is 25. The highest BCUT2D eigenvalue weighted by molar-refractivity contribution is 6.60. The lowest BCUT2D eigenvalue weighted by molar-refractivity contribution is -0.436. The molecule has 0 aliphatic carbocycles. The number of allylic oxidation sites excluding steroid dienone is 2. The van der Waals surface area contributed by atoms with Gasteiger partial charge in [0.15, 0.2) is 0 Å². The van der Waals surface area contributed by atoms with Gasteiger partial charge in [-0.2, -0.15) is 110 Å². The Morgan fingerprint density at radius 3 is 1.17 bits per heavy atom. The zero-order valence-corrected chi connectivity index (χ0v) is 30.5. The van der Waals surface area contributed by atoms with E-state index in [1.165, 1.54) is 0 Å². The first-order chi connectivity index (χ1) is 26.0. The van der Waals surface area contributed by atoms with Crippen LogP contribution in [-0.4, -0.2) is 119 Å². The summed E-state index contributed by atoms with van der Waals surface area (Å²) in [5, 5.41) is 1.99. The molecule has 0 rings (SSSR count). The summed E-state index contributed by atoms with van der Waals surface area (Å²) in [6.45, 7) is 3.46. The number of amides is 1. The summed E-state index contributed by atoms with van der Waals surface area (Å²) >= 11 is 0. The summed E-state index contributed by atoms with van der Waals surface area (Å²) in [5.41, 5.74) is 0. The van der Waals surface area contributed by atoms with Crippen molar-refractivity contribution < 1.29 is 133 Å². The van der Waals surface area contributed by atoms with Gasteiger partial charge in [0.05, 0.1) is 6.61 Å². The predicted molar refractivity (Wildman–Crippen MR) is 148 cm³/mol. The van der Waals surface area contributed by atoms with Gasteiger partial charge in [0.25, 0.3) is 0 Å². The number of alkyl carbamates (subject to hydrolysis) is 1. The van der Waals surface area contributed by atoms with E-state index in [9.17, 15) is 115 Å². The van der Waals surface area contributed by atoms with Gasteiger partial charge in [0.2, 0.25) is 0 Å². The molecule has 0 bridgehead atoms. The van der Waals surface area contributed by atoms with E-state index in [1.54, 1.807) is 20.8 Å². The summed E-state index contributed by atoms with van der Waals surface area (Å²) < 4.78 is 360. The predicted octanol–water partition coefficient (Wildman–Crippen LogP) is 11.0. The molecule has 0 fully saturated rings. The van der Waals surface area contributed by atoms with E-state index in [2.05, 4.69) is 4.74 Å². The molecular weight excluding hydrogens is 921 g/mol. The minimum Gasteiger partial charge on any atom is -0.450 e. The highest BCUT2D eigenvalue weighted by Gasteiger charge is 2.92. The lowest BCUT2D eigenvalue weighted by Crippen LogP contribution is -2.70. The maximum atomic E-state index is 14.2. The van der Waals surface area contributed by atoms with E-state index in [-0.39, 0.29) is 38.8 Å². The molecule has 0 aliphatic rings. The smallest absolute Gasteiger partial charge is 0.450 e. The molecule has 0 aromatic carbocycles. The fourth-order valence-corrected chi connectivity index (χ4v) is 6.81. The van der Waals surface area contributed by atoms with Crippen molar-refractivity contribution in [1.82, 2.24) is 5.32 Å². The lowest BCUT2D eigenvalue weighted by atomic mass is 9.89. The topological polar surface area (TPSA) is 66.0 Å². The third-order valence-corrected chi connectivity index (χ3v) is 10.6. The Kier molecular flexibility index (Phi) is 17.5. The molecule has 1 N–H and O–H groups in total. The second kappa shape index (κ2) is 18.4. The summed E-state index contributed by atoms with van der Waals surface area (Å²) in [4.78, 5) is 11.7. The van der Waals surface area contributed by atoms with E-state index in [0.29, 0.717) is 0 Å². The molecule has 6 nitrogen and oxygen atoms in total. The van der Waals surface area contributed by atoms with Gasteiger partial charge in [-0.05, 0) is 45.8 Å². The standard InChI is InChI=1S/C27H30F25NO5Si/c1-4-56-59(57-5-2,58-6-3)14-8-12-53-15(54)55-13-7-9-16(28,29)19(34,35)22(40,41)23(42,43)20(36,37)17(30,31)10-11-18(32,33)21(38,39)24(44,45)25(46,47)26(48,49)27(50,51)52/h10-11H,4-9,12-14H2,1-3H3,(H,53,54)/b11-10+. The van der Waals surface area contributed by atoms with Crippen molar-refractivity contribution in [2.45, 2.75) is 117 Å². The molecule has 0 spiro atoms. The van der Waals surface area contributed by atoms with Gasteiger partial charge in [-0.15, -0.1) is 0 Å². The SMILES string of the molecule is CCO[Si](CCCNC(=O)OCCCC(F)(F)C(F)(F)C(F)(F)C(F)(F)C(F)(F)C(F)(F)/C=C/C(F)(F)C(F)(F)C(F)(F)C(F)(F)C(F)(F)C(F)(F)F)(OCC)OCC. The molecule has 59 heavy (non-hydrogen) atoms. The highest BCUT2D eigenvalue weighted by atomic mass is 28.4. The number of hydrogen-bond donors (Lipinski definition) is 1. The normalized spacial score (nSPS) is 15.6. The van der Waals surface area contributed by atoms with E-state index < -0.39 is 118 Å². The Labute approximate surface area is 316 Å². The Bertz CT molecular complexity index is 1390. The number of carbonyl (C=O) groups is 1. The summed E-state index contributed by atoms with van der Waals surface area (Å²) in [6, 6.07) is 0.0745. The third kappa shape index (κ3) is 10.5. The van der Waals surface area contributed by atoms with Crippen molar-refractivity contribution in [3.05, 3.63) is 12.2 Å². The molecule has 0 atom stereocenters. The molecular formula is C27H30F25NO5Si. The Balaban J connectivity index is 6.12. The second-order valence-electron chi connectivity index (χ2n) is 11.6. The van der Waals surface area contributed by atoms with Crippen molar-refractivity contribution in [2.24, 2.45) is 0 Å². The Hall–Kier alpha value is -2.64. The van der Waals surface area contributed by atoms with Gasteiger partial charge in [0, 0.05) is 38.8 Å². The van der Waals surface area contributed by atoms with E-state index in [0.717, 1.165) is 0 Å². The largest absolute Gasteiger partial charge is 0.500 e. The monoisotopic (exact) mass is 951 g/mol. The zero-order chi connectivity index (χ0) is 47.4. The first kappa shape index (κ1) is 56.4. The molecule has 0 saturated carbocycles. The first-order valence-corrected chi connectivity index (χ1v) is 17.7. The van der Waals surface area contributed by atoms with Gasteiger partial charge in [-0.25, -0.2) is 4.79 Å². The zero-order valence-electron chi connectivity index (χ0n) is 29.5. The van der Waals surface area contributed by atoms with Crippen molar-refractivity contribution >= 4 is 14.9 Å². The fraction of sp³-hybridized carbons (Fsp3) is 0.889. The molecule has 0 aliphatic heterocycles. The van der Waals surface area contributed by atoms with E-state index in [4.69, 9.17) is 13.3 Å². The lowest BCUT2D eigenvalue weighted by Gasteiger charge is -2.41. The summed E-state index contributed by atoms with van der Waals surface area (Å²) in [6.07, 6.45) is -20.0. The van der Waals surface area contributed by atoms with Gasteiger partial charge in [-0.1, -0.05) is 0 Å². The van der Waals surface area contributed by atoms with Crippen molar-refractivity contribution in [3.63, 3.8) is 0 Å². The molecule has 352 valence electrons. The summed E-state index contributed by atoms with van der Waals surface area (Å²) in [5.74, 6) is -90.2. The number of alkyl halides is 25. The first-order valence-electron chi connectivity index (χ1n) is 15.7. The molecule has 0 aromatic rings. The Morgan fingerprint density at radius 1 is 0.492 bits per heavy atom. The number of nitrogens with one attached hydrogen (secondary N) is 1. The molecule has 1 amide bonds. The van der Waals surface area contributed by atoms with Crippen LogP contribution in [0.15, 0.2) is 12.2 Å². The summed E-state index contributed by atoms with van der Waals surface area (Å²) in [7, 11) is -3.24. The third-order valence-electron chi connectivity index (χ3n) is 7.41. The van der Waals surface area contributed by atoms with Gasteiger partial charge >= 0.3 is 86.2 Å². The van der Waals surface area contributed by atoms with Crippen LogP contribution in [0.2, 0.25) is 6.04 Å². The van der Waals surface area contributed by atoms with Crippen LogP contribution in [0, 0.1) is 0 Å². The van der Waals surface area contributed by atoms with E-state index in [1.807, 2.05) is 5.32 Å². The second-order valence-corrected chi connectivity index (χ2v) is 14.4. The number of carbonyl (C=O) groups excluding carboxylic acids is 1. The number of rotatable bonds is 25. The van der Waals surface area contributed by atoms with Crippen molar-refractivity contribution in [3.8, 4) is 0 Å². The molecule has 0 saturated heterocycles. The van der Waals surface area contributed by atoms with Crippen LogP contribution >= 0.6 is 0 Å². The molecule has 0 radical (unpaired) electrons. The molecule has 0 heterocycles. The highest BCUT2D eigenvalue weighted by Crippen LogP contribution is 2.63. The minimum absolute atomic E-state index is 0.0327. The van der Waals surface area contributed by atoms with Crippen LogP contribution in [0.3, 0.4) is 0 Å². The Morgan fingerprint density at radius 2 is 0.831 bits per heavy atom. The van der Waals surface area contributed by atoms with Gasteiger partial charge in [0.1, 0.15) is 0 Å². The molecule has 32 heteroatoms. The van der Waals surface area contributed by atoms with Crippen LogP contribution in [0.1, 0.15) is 40.0 Å². The number of ether oxygens (including phenoxy) is 1. The quantitative estimate of drug-likeness (QED) is 0.0427. The average Bonchev–Trinajstić information content (AvgIpc) is 3.06. The molecule has 0 unspecified atom stereocenters. The van der Waals surface area contributed by atoms with Crippen molar-refractivity contribution in [2.75, 3.05) is 33.0 Å². The van der Waals surface area contributed by atoms with Gasteiger partial charge in [-0.3, -0.25) is 0 Å². The van der Waals surface area contributed by atoms with Crippen LogP contribution in [-0.2, 0) is 18.0 Å². The maximum absolute atomic E-state index is 14.2. The van der Waals surface area contributed by atoms with Crippen LogP contribution in [0.4, 0.5) is 115 Å². The van der Waals surface area contributed by atoms with Crippen molar-refractivity contribution in [1.29, 1.82) is 0 Å². The maximum Gasteiger partial charge on any atom is 0.500 e. The van der Waals surface area contributed by atoms with Crippen LogP contribution in [0.5, 0.6) is 0 Å². The molecule has 0 aromatic heterocycles.